The fourth-order valence-corrected chi connectivity index (χ4v) is 4.30. The van der Waals surface area contributed by atoms with Crippen molar-refractivity contribution >= 4 is 32.9 Å². The maximum atomic E-state index is 6.19. The van der Waals surface area contributed by atoms with Crippen molar-refractivity contribution in [3.8, 4) is 22.6 Å². The topological polar surface area (TPSA) is 39.2 Å². The number of fused-ring (bicyclic) bond motifs is 4. The average molecular weight is 389 g/mol. The van der Waals surface area contributed by atoms with Crippen molar-refractivity contribution in [1.29, 1.82) is 0 Å². The molecule has 3 aromatic heterocycles. The number of aromatic nitrogens is 1. The largest absolute Gasteiger partial charge is 0.455 e. The van der Waals surface area contributed by atoms with Crippen molar-refractivity contribution in [1.82, 2.24) is 4.98 Å². The molecule has 3 heterocycles. The summed E-state index contributed by atoms with van der Waals surface area (Å²) in [7, 11) is 0. The lowest BCUT2D eigenvalue weighted by molar-refractivity contribution is 0.630. The molecule has 0 aliphatic heterocycles. The minimum Gasteiger partial charge on any atom is -0.455 e. The lowest BCUT2D eigenvalue weighted by atomic mass is 10.0. The van der Waals surface area contributed by atoms with E-state index in [0.717, 1.165) is 55.5 Å². The molecule has 144 valence electrons. The average Bonchev–Trinajstić information content (AvgIpc) is 3.34. The van der Waals surface area contributed by atoms with Crippen LogP contribution in [0.4, 0.5) is 0 Å². The third-order valence-electron chi connectivity index (χ3n) is 5.59. The Balaban J connectivity index is 1.52. The van der Waals surface area contributed by atoms with Crippen LogP contribution in [0.3, 0.4) is 0 Å². The van der Waals surface area contributed by atoms with Gasteiger partial charge in [-0.1, -0.05) is 47.5 Å². The molecule has 3 aromatic carbocycles. The predicted molar refractivity (Wildman–Crippen MR) is 122 cm³/mol. The van der Waals surface area contributed by atoms with Crippen LogP contribution < -0.4 is 0 Å². The number of para-hydroxylation sites is 2. The molecule has 0 saturated carbocycles. The van der Waals surface area contributed by atoms with Crippen LogP contribution in [0.15, 0.2) is 87.8 Å². The Labute approximate surface area is 173 Å². The van der Waals surface area contributed by atoms with Gasteiger partial charge in [-0.2, -0.15) is 0 Å². The molecule has 0 unspecified atom stereocenters. The summed E-state index contributed by atoms with van der Waals surface area (Å²) in [5, 5.41) is 3.26. The number of aryl methyl sites for hydroxylation is 2. The number of nitrogens with zero attached hydrogens (tertiary/aromatic N) is 1. The molecule has 0 atom stereocenters. The van der Waals surface area contributed by atoms with Gasteiger partial charge in [-0.25, -0.2) is 0 Å². The maximum absolute atomic E-state index is 6.19. The van der Waals surface area contributed by atoms with E-state index in [4.69, 9.17) is 8.83 Å². The summed E-state index contributed by atoms with van der Waals surface area (Å²) < 4.78 is 12.3. The van der Waals surface area contributed by atoms with Crippen LogP contribution in [0.25, 0.3) is 55.5 Å². The highest BCUT2D eigenvalue weighted by Crippen LogP contribution is 2.36. The number of furan rings is 2. The fraction of sp³-hybridized carbons (Fsp3) is 0.0741. The molecule has 0 N–H and O–H groups in total. The molecule has 0 saturated heterocycles. The highest BCUT2D eigenvalue weighted by Gasteiger charge is 2.14. The molecule has 0 fully saturated rings. The molecule has 0 aliphatic carbocycles. The van der Waals surface area contributed by atoms with Crippen LogP contribution >= 0.6 is 0 Å². The van der Waals surface area contributed by atoms with E-state index in [9.17, 15) is 0 Å². The van der Waals surface area contributed by atoms with Crippen LogP contribution in [0.1, 0.15) is 11.1 Å². The monoisotopic (exact) mass is 389 g/mol. The molecule has 3 heteroatoms. The first kappa shape index (κ1) is 17.0. The van der Waals surface area contributed by atoms with Gasteiger partial charge in [-0.15, -0.1) is 0 Å². The van der Waals surface area contributed by atoms with Gasteiger partial charge in [0.25, 0.3) is 0 Å². The second-order valence-corrected chi connectivity index (χ2v) is 7.87. The van der Waals surface area contributed by atoms with E-state index in [0.29, 0.717) is 0 Å². The van der Waals surface area contributed by atoms with Crippen molar-refractivity contribution in [3.63, 3.8) is 0 Å². The van der Waals surface area contributed by atoms with Gasteiger partial charge in [0.1, 0.15) is 16.9 Å². The molecule has 6 rings (SSSR count). The molecule has 30 heavy (non-hydrogen) atoms. The predicted octanol–water partition coefficient (Wildman–Crippen LogP) is 7.68. The zero-order valence-corrected chi connectivity index (χ0v) is 16.8. The first-order valence-corrected chi connectivity index (χ1v) is 10.0. The van der Waals surface area contributed by atoms with Gasteiger partial charge in [-0.3, -0.25) is 4.98 Å². The van der Waals surface area contributed by atoms with E-state index in [2.05, 4.69) is 73.4 Å². The fourth-order valence-electron chi connectivity index (χ4n) is 4.30. The van der Waals surface area contributed by atoms with E-state index in [1.807, 2.05) is 18.2 Å². The lowest BCUT2D eigenvalue weighted by Gasteiger charge is -2.01. The van der Waals surface area contributed by atoms with E-state index in [1.54, 1.807) is 6.20 Å². The summed E-state index contributed by atoms with van der Waals surface area (Å²) in [5.41, 5.74) is 7.93. The van der Waals surface area contributed by atoms with Gasteiger partial charge in [0.15, 0.2) is 5.58 Å². The zero-order chi connectivity index (χ0) is 20.2. The molecule has 0 spiro atoms. The van der Waals surface area contributed by atoms with Crippen molar-refractivity contribution in [2.75, 3.05) is 0 Å². The molecule has 0 aliphatic rings. The molecule has 0 radical (unpaired) electrons. The van der Waals surface area contributed by atoms with Gasteiger partial charge < -0.3 is 8.83 Å². The maximum Gasteiger partial charge on any atom is 0.153 e. The Morgan fingerprint density at radius 1 is 0.700 bits per heavy atom. The van der Waals surface area contributed by atoms with Crippen LogP contribution in [0.2, 0.25) is 0 Å². The Morgan fingerprint density at radius 2 is 1.50 bits per heavy atom. The van der Waals surface area contributed by atoms with Crippen molar-refractivity contribution < 1.29 is 8.83 Å². The second-order valence-electron chi connectivity index (χ2n) is 7.87. The highest BCUT2D eigenvalue weighted by atomic mass is 16.3. The van der Waals surface area contributed by atoms with Crippen LogP contribution in [0.5, 0.6) is 0 Å². The van der Waals surface area contributed by atoms with Crippen LogP contribution in [0, 0.1) is 13.8 Å². The summed E-state index contributed by atoms with van der Waals surface area (Å²) in [5.74, 6) is 0.859. The van der Waals surface area contributed by atoms with Crippen LogP contribution in [-0.4, -0.2) is 4.98 Å². The summed E-state index contributed by atoms with van der Waals surface area (Å²) >= 11 is 0. The molecular weight excluding hydrogens is 370 g/mol. The Hall–Kier alpha value is -3.85. The van der Waals surface area contributed by atoms with Crippen molar-refractivity contribution in [2.24, 2.45) is 0 Å². The Bertz CT molecular complexity index is 1550. The highest BCUT2D eigenvalue weighted by molar-refractivity contribution is 6.09. The Morgan fingerprint density at radius 3 is 2.37 bits per heavy atom. The Kier molecular flexibility index (Phi) is 3.59. The van der Waals surface area contributed by atoms with Gasteiger partial charge in [0, 0.05) is 27.3 Å². The number of pyridine rings is 1. The molecule has 6 aromatic rings. The number of hydrogen-bond acceptors (Lipinski definition) is 3. The number of benzene rings is 3. The third-order valence-corrected chi connectivity index (χ3v) is 5.59. The normalized spacial score (nSPS) is 11.7. The summed E-state index contributed by atoms with van der Waals surface area (Å²) in [6, 6.07) is 25.0. The summed E-state index contributed by atoms with van der Waals surface area (Å²) in [4.78, 5) is 4.69. The third kappa shape index (κ3) is 2.63. The van der Waals surface area contributed by atoms with Gasteiger partial charge in [0.05, 0.1) is 11.9 Å². The zero-order valence-electron chi connectivity index (χ0n) is 16.8. The van der Waals surface area contributed by atoms with Gasteiger partial charge in [-0.05, 0) is 50.2 Å². The number of hydrogen-bond donors (Lipinski definition) is 0. The van der Waals surface area contributed by atoms with E-state index in [-0.39, 0.29) is 0 Å². The minimum atomic E-state index is 0.782. The molecule has 3 nitrogen and oxygen atoms in total. The van der Waals surface area contributed by atoms with E-state index >= 15 is 0 Å². The molecule has 0 amide bonds. The van der Waals surface area contributed by atoms with E-state index < -0.39 is 0 Å². The minimum absolute atomic E-state index is 0.782. The molecular formula is C27H19NO2. The van der Waals surface area contributed by atoms with Gasteiger partial charge >= 0.3 is 0 Å². The first-order chi connectivity index (χ1) is 14.7. The summed E-state index contributed by atoms with van der Waals surface area (Å²) in [6.45, 7) is 4.21. The number of rotatable bonds is 2. The smallest absolute Gasteiger partial charge is 0.153 e. The summed E-state index contributed by atoms with van der Waals surface area (Å²) in [6.07, 6.45) is 1.80. The standard InChI is InChI=1S/C27H19NO2/c1-16-10-17(2)12-18(11-16)25-14-19-13-23(28-15-26(19)29-25)22-8-5-7-21-20-6-3-4-9-24(20)30-27(21)22/h3-15H,1-2H3. The van der Waals surface area contributed by atoms with Crippen LogP contribution in [-0.2, 0) is 0 Å². The molecule has 0 bridgehead atoms. The quantitative estimate of drug-likeness (QED) is 0.305. The van der Waals surface area contributed by atoms with Gasteiger partial charge in [0.2, 0.25) is 0 Å². The first-order valence-electron chi connectivity index (χ1n) is 10.0. The SMILES string of the molecule is Cc1cc(C)cc(-c2cc3cc(-c4cccc5c4oc4ccccc45)ncc3o2)c1. The second kappa shape index (κ2) is 6.33. The lowest BCUT2D eigenvalue weighted by Crippen LogP contribution is -1.83. The van der Waals surface area contributed by atoms with Crippen molar-refractivity contribution in [2.45, 2.75) is 13.8 Å². The van der Waals surface area contributed by atoms with E-state index in [1.165, 1.54) is 11.1 Å². The van der Waals surface area contributed by atoms with Crippen molar-refractivity contribution in [3.05, 3.63) is 90.1 Å².